The first kappa shape index (κ1) is 24.8. The maximum Gasteiger partial charge on any atom is 0.305 e. The lowest BCUT2D eigenvalue weighted by atomic mass is 9.59. The third-order valence-corrected chi connectivity index (χ3v) is 7.78. The topological polar surface area (TPSA) is 138 Å². The van der Waals surface area contributed by atoms with Crippen LogP contribution in [0.2, 0.25) is 0 Å². The summed E-state index contributed by atoms with van der Waals surface area (Å²) >= 11 is 0. The molecular formula is C28H27NO8. The van der Waals surface area contributed by atoms with E-state index in [1.165, 1.54) is 6.08 Å². The number of benzene rings is 1. The van der Waals surface area contributed by atoms with Gasteiger partial charge in [0.25, 0.3) is 0 Å². The molecule has 37 heavy (non-hydrogen) atoms. The zero-order valence-corrected chi connectivity index (χ0v) is 20.3. The van der Waals surface area contributed by atoms with Gasteiger partial charge in [0.1, 0.15) is 12.4 Å². The van der Waals surface area contributed by atoms with Crippen molar-refractivity contribution in [2.24, 2.45) is 17.8 Å². The number of nitrogens with zero attached hydrogens (tertiary/aromatic N) is 1. The number of Topliss-reactive ketones (excluding diaryl/α,β-unsaturated/α-hetero) is 1. The standard InChI is InChI=1S/C28H27NO8/c1-14-12-20(31)25-19(26(14)34)13-18-15(23(25)16-4-2-3-5-21(16)37-11-10-30)6-7-17-24(18)28(36)29(27(17)35)9-8-22(32)33/h2-6,12,17-18,23-24,30H,7-11,13H2,1H3,(H,32,33)/t17-,18+,23+,24-/m0/s1. The predicted molar refractivity (Wildman–Crippen MR) is 129 cm³/mol. The molecule has 2 amide bonds. The average molecular weight is 506 g/mol. The molecular weight excluding hydrogens is 478 g/mol. The highest BCUT2D eigenvalue weighted by Gasteiger charge is 2.56. The molecule has 1 aromatic carbocycles. The minimum absolute atomic E-state index is 0.0419. The fraction of sp³-hybridized carbons (Fsp3) is 0.393. The number of carbonyl (C=O) groups excluding carboxylic acids is 4. The molecule has 2 N–H and O–H groups in total. The van der Waals surface area contributed by atoms with E-state index >= 15 is 0 Å². The minimum Gasteiger partial charge on any atom is -0.491 e. The molecule has 192 valence electrons. The molecule has 0 saturated carbocycles. The van der Waals surface area contributed by atoms with Crippen LogP contribution in [0.1, 0.15) is 37.7 Å². The number of aliphatic hydroxyl groups is 1. The number of allylic oxidation sites excluding steroid dienone is 6. The Morgan fingerprint density at radius 2 is 1.86 bits per heavy atom. The normalized spacial score (nSPS) is 26.9. The van der Waals surface area contributed by atoms with Crippen LogP contribution in [0.25, 0.3) is 0 Å². The number of carbonyl (C=O) groups is 5. The molecule has 0 bridgehead atoms. The third-order valence-electron chi connectivity index (χ3n) is 7.78. The van der Waals surface area contributed by atoms with E-state index in [0.29, 0.717) is 28.0 Å². The molecule has 0 aromatic heterocycles. The molecule has 0 unspecified atom stereocenters. The van der Waals surface area contributed by atoms with E-state index in [9.17, 15) is 29.1 Å². The van der Waals surface area contributed by atoms with Crippen molar-refractivity contribution in [1.82, 2.24) is 4.90 Å². The minimum atomic E-state index is -1.10. The van der Waals surface area contributed by atoms with Gasteiger partial charge in [0, 0.05) is 34.7 Å². The predicted octanol–water partition coefficient (Wildman–Crippen LogP) is 1.96. The van der Waals surface area contributed by atoms with Crippen LogP contribution >= 0.6 is 0 Å². The molecule has 1 aliphatic heterocycles. The van der Waals surface area contributed by atoms with Crippen molar-refractivity contribution in [3.05, 3.63) is 64.3 Å². The second-order valence-corrected chi connectivity index (χ2v) is 9.81. The van der Waals surface area contributed by atoms with Gasteiger partial charge in [-0.05, 0) is 37.8 Å². The molecule has 1 fully saturated rings. The van der Waals surface area contributed by atoms with Gasteiger partial charge >= 0.3 is 5.97 Å². The van der Waals surface area contributed by atoms with Gasteiger partial charge in [-0.15, -0.1) is 0 Å². The average Bonchev–Trinajstić information content (AvgIpc) is 3.13. The number of aliphatic carboxylic acids is 1. The lowest BCUT2D eigenvalue weighted by Crippen LogP contribution is -2.40. The summed E-state index contributed by atoms with van der Waals surface area (Å²) in [7, 11) is 0. The highest BCUT2D eigenvalue weighted by Crippen LogP contribution is 2.56. The van der Waals surface area contributed by atoms with Gasteiger partial charge in [-0.2, -0.15) is 0 Å². The van der Waals surface area contributed by atoms with E-state index in [-0.39, 0.29) is 50.6 Å². The molecule has 1 saturated heterocycles. The number of aliphatic hydroxyl groups excluding tert-OH is 1. The van der Waals surface area contributed by atoms with Crippen molar-refractivity contribution in [3.63, 3.8) is 0 Å². The first-order chi connectivity index (χ1) is 17.7. The SMILES string of the molecule is CC1=CC(=O)C2=C(C[C@@H]3C(=CC[C@@H]4C(=O)N(CCC(=O)O)C(=O)[C@@H]43)[C@@H]2c2ccccc2OCCO)C1=O. The Labute approximate surface area is 213 Å². The van der Waals surface area contributed by atoms with E-state index in [0.717, 1.165) is 10.5 Å². The maximum atomic E-state index is 13.5. The highest BCUT2D eigenvalue weighted by atomic mass is 16.5. The summed E-state index contributed by atoms with van der Waals surface area (Å²) in [6.07, 6.45) is 3.33. The van der Waals surface area contributed by atoms with E-state index in [1.807, 2.05) is 6.08 Å². The lowest BCUT2D eigenvalue weighted by molar-refractivity contribution is -0.142. The van der Waals surface area contributed by atoms with Gasteiger partial charge in [0.05, 0.1) is 24.9 Å². The van der Waals surface area contributed by atoms with Gasteiger partial charge in [-0.25, -0.2) is 0 Å². The van der Waals surface area contributed by atoms with Crippen molar-refractivity contribution in [2.45, 2.75) is 32.1 Å². The number of likely N-dealkylation sites (tertiary alicyclic amines) is 1. The molecule has 4 atom stereocenters. The number of hydrogen-bond acceptors (Lipinski definition) is 7. The van der Waals surface area contributed by atoms with Crippen molar-refractivity contribution in [1.29, 1.82) is 0 Å². The number of carboxylic acid groups (broad SMARTS) is 1. The number of imide groups is 1. The summed E-state index contributed by atoms with van der Waals surface area (Å²) in [5.74, 6) is -4.51. The number of hydrogen-bond donors (Lipinski definition) is 2. The molecule has 1 aromatic rings. The molecule has 1 heterocycles. The fourth-order valence-corrected chi connectivity index (χ4v) is 6.24. The Morgan fingerprint density at radius 3 is 2.59 bits per heavy atom. The summed E-state index contributed by atoms with van der Waals surface area (Å²) in [6, 6.07) is 7.11. The third kappa shape index (κ3) is 4.03. The lowest BCUT2D eigenvalue weighted by Gasteiger charge is -2.42. The second kappa shape index (κ2) is 9.55. The Morgan fingerprint density at radius 1 is 1.11 bits per heavy atom. The van der Waals surface area contributed by atoms with Gasteiger partial charge in [-0.3, -0.25) is 28.9 Å². The van der Waals surface area contributed by atoms with Crippen LogP contribution in [-0.2, 0) is 24.0 Å². The summed E-state index contributed by atoms with van der Waals surface area (Å²) < 4.78 is 5.78. The van der Waals surface area contributed by atoms with E-state index in [4.69, 9.17) is 9.84 Å². The Hall–Kier alpha value is -3.85. The zero-order valence-electron chi connectivity index (χ0n) is 20.3. The van der Waals surface area contributed by atoms with Crippen LogP contribution in [-0.4, -0.2) is 64.2 Å². The fourth-order valence-electron chi connectivity index (χ4n) is 6.24. The number of rotatable bonds is 7. The molecule has 0 radical (unpaired) electrons. The van der Waals surface area contributed by atoms with Crippen LogP contribution in [0.3, 0.4) is 0 Å². The van der Waals surface area contributed by atoms with E-state index in [2.05, 4.69) is 0 Å². The quantitative estimate of drug-likeness (QED) is 0.326. The number of amides is 2. The summed E-state index contributed by atoms with van der Waals surface area (Å²) in [5.41, 5.74) is 2.46. The van der Waals surface area contributed by atoms with Crippen molar-refractivity contribution >= 4 is 29.4 Å². The first-order valence-electron chi connectivity index (χ1n) is 12.3. The van der Waals surface area contributed by atoms with Gasteiger partial charge in [0.15, 0.2) is 11.6 Å². The zero-order chi connectivity index (χ0) is 26.4. The summed E-state index contributed by atoms with van der Waals surface area (Å²) in [4.78, 5) is 65.4. The number of ether oxygens (including phenoxy) is 1. The smallest absolute Gasteiger partial charge is 0.305 e. The van der Waals surface area contributed by atoms with Gasteiger partial charge in [0.2, 0.25) is 11.8 Å². The van der Waals surface area contributed by atoms with Crippen LogP contribution in [0.4, 0.5) is 0 Å². The van der Waals surface area contributed by atoms with Crippen molar-refractivity contribution in [3.8, 4) is 5.75 Å². The summed E-state index contributed by atoms with van der Waals surface area (Å²) in [6.45, 7) is 1.23. The second-order valence-electron chi connectivity index (χ2n) is 9.81. The van der Waals surface area contributed by atoms with Crippen LogP contribution in [0.5, 0.6) is 5.75 Å². The molecule has 9 heteroatoms. The van der Waals surface area contributed by atoms with Crippen LogP contribution in [0.15, 0.2) is 58.7 Å². The number of fused-ring (bicyclic) bond motifs is 3. The Balaban J connectivity index is 1.63. The number of carboxylic acids is 1. The van der Waals surface area contributed by atoms with Gasteiger partial charge < -0.3 is 14.9 Å². The Kier molecular flexibility index (Phi) is 6.41. The van der Waals surface area contributed by atoms with E-state index in [1.54, 1.807) is 31.2 Å². The molecule has 9 nitrogen and oxygen atoms in total. The maximum absolute atomic E-state index is 13.5. The molecule has 4 aliphatic rings. The van der Waals surface area contributed by atoms with Crippen LogP contribution < -0.4 is 4.74 Å². The number of para-hydroxylation sites is 1. The molecule has 0 spiro atoms. The molecule has 3 aliphatic carbocycles. The van der Waals surface area contributed by atoms with Crippen molar-refractivity contribution < 1.29 is 38.9 Å². The molecule has 5 rings (SSSR count). The Bertz CT molecular complexity index is 1320. The monoisotopic (exact) mass is 505 g/mol. The van der Waals surface area contributed by atoms with Gasteiger partial charge in [-0.1, -0.05) is 29.8 Å². The van der Waals surface area contributed by atoms with Crippen molar-refractivity contribution in [2.75, 3.05) is 19.8 Å². The highest BCUT2D eigenvalue weighted by molar-refractivity contribution is 6.23. The first-order valence-corrected chi connectivity index (χ1v) is 12.3. The largest absolute Gasteiger partial charge is 0.491 e. The summed E-state index contributed by atoms with van der Waals surface area (Å²) in [5, 5.41) is 18.4. The van der Waals surface area contributed by atoms with E-state index < -0.39 is 41.5 Å². The van der Waals surface area contributed by atoms with Crippen LogP contribution in [0, 0.1) is 17.8 Å². The number of ketones is 2.